The van der Waals surface area contributed by atoms with E-state index in [-0.39, 0.29) is 41.7 Å². The molecular weight excluding hydrogens is 252 g/mol. The van der Waals surface area contributed by atoms with Gasteiger partial charge in [0.05, 0.1) is 12.5 Å². The van der Waals surface area contributed by atoms with Gasteiger partial charge in [-0.05, 0) is 39.0 Å². The second-order valence-corrected chi connectivity index (χ2v) is 6.99. The molecule has 4 heteroatoms. The van der Waals surface area contributed by atoms with Crippen molar-refractivity contribution >= 4 is 11.8 Å². The molecule has 0 aromatic carbocycles. The maximum Gasteiger partial charge on any atom is 0.239 e. The lowest BCUT2D eigenvalue weighted by molar-refractivity contribution is -0.136. The van der Waals surface area contributed by atoms with Crippen LogP contribution in [-0.4, -0.2) is 36.3 Å². The lowest BCUT2D eigenvalue weighted by Crippen LogP contribution is -2.41. The summed E-state index contributed by atoms with van der Waals surface area (Å²) in [6, 6.07) is 0.0989. The van der Waals surface area contributed by atoms with Gasteiger partial charge in [-0.2, -0.15) is 0 Å². The highest BCUT2D eigenvalue weighted by Crippen LogP contribution is 2.59. The maximum absolute atomic E-state index is 12.5. The summed E-state index contributed by atoms with van der Waals surface area (Å²) in [5.74, 6) is 0.245. The van der Waals surface area contributed by atoms with Crippen molar-refractivity contribution in [1.29, 1.82) is 0 Å². The fourth-order valence-corrected chi connectivity index (χ4v) is 2.72. The minimum atomic E-state index is -0.104. The van der Waals surface area contributed by atoms with Crippen molar-refractivity contribution in [2.45, 2.75) is 47.6 Å². The number of hydrogen-bond acceptors (Lipinski definition) is 2. The fourth-order valence-electron chi connectivity index (χ4n) is 2.72. The van der Waals surface area contributed by atoms with Crippen molar-refractivity contribution < 1.29 is 9.59 Å². The predicted octanol–water partition coefficient (Wildman–Crippen LogP) is 2.21. The highest BCUT2D eigenvalue weighted by atomic mass is 16.2. The van der Waals surface area contributed by atoms with Gasteiger partial charge in [-0.15, -0.1) is 0 Å². The molecule has 2 amide bonds. The van der Waals surface area contributed by atoms with Crippen LogP contribution in [0.1, 0.15) is 41.5 Å². The number of likely N-dealkylation sites (N-methyl/N-ethyl adjacent to an activating group) is 1. The summed E-state index contributed by atoms with van der Waals surface area (Å²) in [6.45, 7) is 12.3. The summed E-state index contributed by atoms with van der Waals surface area (Å²) in [4.78, 5) is 25.7. The van der Waals surface area contributed by atoms with Crippen LogP contribution in [0.15, 0.2) is 11.6 Å². The molecule has 0 heterocycles. The number of rotatable bonds is 5. The van der Waals surface area contributed by atoms with Gasteiger partial charge in [-0.25, -0.2) is 0 Å². The molecule has 114 valence electrons. The highest BCUT2D eigenvalue weighted by molar-refractivity contribution is 5.88. The van der Waals surface area contributed by atoms with Gasteiger partial charge in [0.1, 0.15) is 0 Å². The molecule has 1 saturated carbocycles. The molecule has 0 aromatic rings. The van der Waals surface area contributed by atoms with Gasteiger partial charge < -0.3 is 10.2 Å². The van der Waals surface area contributed by atoms with Crippen molar-refractivity contribution in [1.82, 2.24) is 10.2 Å². The minimum absolute atomic E-state index is 0.00284. The molecule has 1 rings (SSSR count). The molecule has 20 heavy (non-hydrogen) atoms. The molecule has 2 atom stereocenters. The second-order valence-electron chi connectivity index (χ2n) is 6.99. The van der Waals surface area contributed by atoms with Gasteiger partial charge in [0.2, 0.25) is 11.8 Å². The first-order valence-electron chi connectivity index (χ1n) is 7.26. The van der Waals surface area contributed by atoms with Crippen molar-refractivity contribution in [3.63, 3.8) is 0 Å². The molecule has 0 bridgehead atoms. The summed E-state index contributed by atoms with van der Waals surface area (Å²) >= 11 is 0. The Bertz CT molecular complexity index is 420. The van der Waals surface area contributed by atoms with E-state index in [1.54, 1.807) is 11.9 Å². The zero-order valence-corrected chi connectivity index (χ0v) is 13.8. The number of hydrogen-bond donors (Lipinski definition) is 1. The monoisotopic (exact) mass is 280 g/mol. The van der Waals surface area contributed by atoms with E-state index in [4.69, 9.17) is 0 Å². The second kappa shape index (κ2) is 5.98. The number of amides is 2. The Balaban J connectivity index is 2.63. The van der Waals surface area contributed by atoms with Gasteiger partial charge in [-0.1, -0.05) is 25.5 Å². The summed E-state index contributed by atoms with van der Waals surface area (Å²) in [6.07, 6.45) is 2.17. The van der Waals surface area contributed by atoms with E-state index in [9.17, 15) is 9.59 Å². The quantitative estimate of drug-likeness (QED) is 0.785. The van der Waals surface area contributed by atoms with Gasteiger partial charge >= 0.3 is 0 Å². The molecule has 0 aliphatic heterocycles. The zero-order chi connectivity index (χ0) is 15.7. The van der Waals surface area contributed by atoms with Crippen LogP contribution >= 0.6 is 0 Å². The predicted molar refractivity (Wildman–Crippen MR) is 81.1 cm³/mol. The number of nitrogens with one attached hydrogen (secondary N) is 1. The Hall–Kier alpha value is -1.32. The standard InChI is InChI=1S/C16H28N2O2/c1-10(2)8-12-14(16(12,5)6)15(20)18(7)9-13(19)17-11(3)4/h8,11-12,14H,9H2,1-7H3,(H,17,19)/t12-,14+/m1/s1. The van der Waals surface area contributed by atoms with Crippen molar-refractivity contribution in [3.05, 3.63) is 11.6 Å². The lowest BCUT2D eigenvalue weighted by Gasteiger charge is -2.18. The molecule has 0 spiro atoms. The van der Waals surface area contributed by atoms with Crippen LogP contribution in [-0.2, 0) is 9.59 Å². The van der Waals surface area contributed by atoms with Crippen LogP contribution in [0.2, 0.25) is 0 Å². The third kappa shape index (κ3) is 3.84. The smallest absolute Gasteiger partial charge is 0.239 e. The van der Waals surface area contributed by atoms with Gasteiger partial charge in [-0.3, -0.25) is 9.59 Å². The van der Waals surface area contributed by atoms with E-state index >= 15 is 0 Å². The SMILES string of the molecule is CC(C)=C[C@@H]1[C@@H](C(=O)N(C)CC(=O)NC(C)C)C1(C)C. The van der Waals surface area contributed by atoms with Gasteiger partial charge in [0, 0.05) is 13.1 Å². The number of carbonyl (C=O) groups excluding carboxylic acids is 2. The van der Waals surface area contributed by atoms with Crippen LogP contribution in [0.4, 0.5) is 0 Å². The Morgan fingerprint density at radius 2 is 1.85 bits per heavy atom. The van der Waals surface area contributed by atoms with E-state index < -0.39 is 0 Å². The molecule has 1 fully saturated rings. The van der Waals surface area contributed by atoms with Crippen LogP contribution in [0.3, 0.4) is 0 Å². The molecule has 1 aliphatic rings. The highest BCUT2D eigenvalue weighted by Gasteiger charge is 2.60. The first-order chi connectivity index (χ1) is 9.07. The third-order valence-electron chi connectivity index (χ3n) is 3.90. The van der Waals surface area contributed by atoms with E-state index in [0.717, 1.165) is 0 Å². The summed E-state index contributed by atoms with van der Waals surface area (Å²) in [5, 5.41) is 2.81. The van der Waals surface area contributed by atoms with Crippen LogP contribution in [0.25, 0.3) is 0 Å². The Kier molecular flexibility index (Phi) is 5.00. The van der Waals surface area contributed by atoms with Gasteiger partial charge in [0.25, 0.3) is 0 Å². The van der Waals surface area contributed by atoms with Crippen molar-refractivity contribution in [2.24, 2.45) is 17.3 Å². The average molecular weight is 280 g/mol. The van der Waals surface area contributed by atoms with Crippen LogP contribution in [0, 0.1) is 17.3 Å². The molecule has 0 aromatic heterocycles. The Morgan fingerprint density at radius 3 is 2.30 bits per heavy atom. The maximum atomic E-state index is 12.5. The largest absolute Gasteiger partial charge is 0.352 e. The van der Waals surface area contributed by atoms with E-state index in [1.807, 2.05) is 13.8 Å². The number of nitrogens with zero attached hydrogens (tertiary/aromatic N) is 1. The normalized spacial score (nSPS) is 23.2. The molecule has 0 saturated heterocycles. The Morgan fingerprint density at radius 1 is 1.30 bits per heavy atom. The van der Waals surface area contributed by atoms with E-state index in [0.29, 0.717) is 0 Å². The topological polar surface area (TPSA) is 49.4 Å². The third-order valence-corrected chi connectivity index (χ3v) is 3.90. The molecule has 1 aliphatic carbocycles. The summed E-state index contributed by atoms with van der Waals surface area (Å²) in [5.41, 5.74) is 1.23. The lowest BCUT2D eigenvalue weighted by atomic mass is 10.1. The van der Waals surface area contributed by atoms with Gasteiger partial charge in [0.15, 0.2) is 0 Å². The number of allylic oxidation sites excluding steroid dienone is 2. The molecule has 0 unspecified atom stereocenters. The van der Waals surface area contributed by atoms with Crippen LogP contribution in [0.5, 0.6) is 0 Å². The van der Waals surface area contributed by atoms with Crippen LogP contribution < -0.4 is 5.32 Å². The molecule has 0 radical (unpaired) electrons. The summed E-state index contributed by atoms with van der Waals surface area (Å²) < 4.78 is 0. The van der Waals surface area contributed by atoms with E-state index in [2.05, 4.69) is 39.1 Å². The first-order valence-corrected chi connectivity index (χ1v) is 7.26. The zero-order valence-electron chi connectivity index (χ0n) is 13.8. The number of carbonyl (C=O) groups is 2. The van der Waals surface area contributed by atoms with Crippen molar-refractivity contribution in [3.8, 4) is 0 Å². The summed E-state index contributed by atoms with van der Waals surface area (Å²) in [7, 11) is 1.70. The minimum Gasteiger partial charge on any atom is -0.352 e. The fraction of sp³-hybridized carbons (Fsp3) is 0.750. The molecule has 1 N–H and O–H groups in total. The first kappa shape index (κ1) is 16.7. The van der Waals surface area contributed by atoms with Crippen molar-refractivity contribution in [2.75, 3.05) is 13.6 Å². The van der Waals surface area contributed by atoms with E-state index in [1.165, 1.54) is 5.57 Å². The molecule has 4 nitrogen and oxygen atoms in total. The molecular formula is C16H28N2O2. The average Bonchev–Trinajstić information content (AvgIpc) is 2.76. The Labute approximate surface area is 122 Å².